The molecule has 170 valence electrons. The zero-order chi connectivity index (χ0) is 23.7. The number of nitrogens with zero attached hydrogens (tertiary/aromatic N) is 4. The van der Waals surface area contributed by atoms with Crippen molar-refractivity contribution in [3.63, 3.8) is 0 Å². The summed E-state index contributed by atoms with van der Waals surface area (Å²) in [5, 5.41) is 6.56. The van der Waals surface area contributed by atoms with Gasteiger partial charge in [0.25, 0.3) is 5.91 Å². The number of rotatable bonds is 5. The monoisotopic (exact) mass is 481 g/mol. The number of hydrogen-bond donors (Lipinski definition) is 1. The summed E-state index contributed by atoms with van der Waals surface area (Å²) in [4.78, 5) is 29.9. The van der Waals surface area contributed by atoms with Gasteiger partial charge in [-0.25, -0.2) is 19.9 Å². The third-order valence-electron chi connectivity index (χ3n) is 4.51. The molecule has 3 aromatic heterocycles. The first-order valence-corrected chi connectivity index (χ1v) is 11.3. The number of halogens is 3. The first-order chi connectivity index (χ1) is 14.8. The minimum Gasteiger partial charge on any atom is -0.316 e. The number of aliphatic imine (C=N–C) groups is 1. The lowest BCUT2D eigenvalue weighted by molar-refractivity contribution is -0.176. The quantitative estimate of drug-likeness (QED) is 0.423. The molecule has 0 aliphatic rings. The van der Waals surface area contributed by atoms with Crippen molar-refractivity contribution in [1.82, 2.24) is 15.0 Å². The van der Waals surface area contributed by atoms with Crippen LogP contribution in [0.4, 0.5) is 24.1 Å². The highest BCUT2D eigenvalue weighted by Crippen LogP contribution is 2.38. The van der Waals surface area contributed by atoms with Crippen molar-refractivity contribution in [3.8, 4) is 10.6 Å². The van der Waals surface area contributed by atoms with Crippen LogP contribution in [0.1, 0.15) is 41.8 Å². The molecule has 0 saturated heterocycles. The van der Waals surface area contributed by atoms with Crippen LogP contribution in [0.15, 0.2) is 28.7 Å². The molecule has 0 bridgehead atoms. The van der Waals surface area contributed by atoms with Crippen LogP contribution in [-0.2, 0) is 0 Å². The molecule has 1 N–H and O–H groups in total. The molecule has 11 heteroatoms. The van der Waals surface area contributed by atoms with Crippen molar-refractivity contribution in [2.75, 3.05) is 5.32 Å². The molecule has 0 aliphatic carbocycles. The van der Waals surface area contributed by atoms with E-state index in [-0.39, 0.29) is 5.56 Å². The summed E-state index contributed by atoms with van der Waals surface area (Å²) in [7, 11) is 0. The Balaban J connectivity index is 1.69. The average molecular weight is 482 g/mol. The van der Waals surface area contributed by atoms with Gasteiger partial charge in [-0.05, 0) is 31.4 Å². The maximum absolute atomic E-state index is 13.2. The van der Waals surface area contributed by atoms with E-state index < -0.39 is 23.4 Å². The number of carbonyl (C=O) groups excluding carboxylic acids is 1. The molecule has 1 amide bonds. The van der Waals surface area contributed by atoms with E-state index in [4.69, 9.17) is 0 Å². The van der Waals surface area contributed by atoms with E-state index in [2.05, 4.69) is 25.3 Å². The Hall–Kier alpha value is -2.66. The van der Waals surface area contributed by atoms with E-state index in [0.29, 0.717) is 17.2 Å². The van der Waals surface area contributed by atoms with Crippen LogP contribution in [0.5, 0.6) is 0 Å². The highest BCUT2D eigenvalue weighted by molar-refractivity contribution is 7.16. The van der Waals surface area contributed by atoms with Crippen molar-refractivity contribution in [2.45, 2.75) is 40.8 Å². The van der Waals surface area contributed by atoms with Crippen molar-refractivity contribution in [1.29, 1.82) is 0 Å². The zero-order valence-electron chi connectivity index (χ0n) is 18.1. The molecule has 0 aliphatic heterocycles. The maximum atomic E-state index is 13.2. The average Bonchev–Trinajstić information content (AvgIpc) is 3.25. The predicted octanol–water partition coefficient (Wildman–Crippen LogP) is 6.46. The van der Waals surface area contributed by atoms with Crippen molar-refractivity contribution in [3.05, 3.63) is 40.0 Å². The Kier molecular flexibility index (Phi) is 6.80. The molecular formula is C21H22F3N5OS2. The summed E-state index contributed by atoms with van der Waals surface area (Å²) in [5.74, 6) is -2.17. The minimum atomic E-state index is -4.49. The number of amides is 1. The van der Waals surface area contributed by atoms with Gasteiger partial charge in [-0.3, -0.25) is 4.79 Å². The summed E-state index contributed by atoms with van der Waals surface area (Å²) in [5.41, 5.74) is 0.721. The molecule has 3 heterocycles. The number of carbonyl (C=O) groups is 1. The van der Waals surface area contributed by atoms with E-state index >= 15 is 0 Å². The van der Waals surface area contributed by atoms with Gasteiger partial charge in [0.05, 0.1) is 32.8 Å². The number of anilines is 2. The number of alkyl halides is 3. The first-order valence-electron chi connectivity index (χ1n) is 9.63. The van der Waals surface area contributed by atoms with Gasteiger partial charge in [0, 0.05) is 17.8 Å². The van der Waals surface area contributed by atoms with E-state index in [9.17, 15) is 18.0 Å². The summed E-state index contributed by atoms with van der Waals surface area (Å²) >= 11 is 2.97. The lowest BCUT2D eigenvalue weighted by Crippen LogP contribution is -2.35. The van der Waals surface area contributed by atoms with Gasteiger partial charge < -0.3 is 5.32 Å². The van der Waals surface area contributed by atoms with Crippen LogP contribution in [0.25, 0.3) is 10.6 Å². The summed E-state index contributed by atoms with van der Waals surface area (Å²) in [6.45, 7) is 8.22. The fraction of sp³-hybridized carbons (Fsp3) is 0.381. The number of hydrogen-bond acceptors (Lipinski definition) is 7. The van der Waals surface area contributed by atoms with Crippen LogP contribution >= 0.6 is 22.7 Å². The SMILES string of the molecule is Cc1nc(C)c(-c2csc(Nc3ccc(C(=O)N=CC(C(C)(C)C)C(F)(F)F)cn3)n2)s1. The number of aromatic nitrogens is 3. The molecule has 0 fully saturated rings. The number of thiazole rings is 2. The second-order valence-corrected chi connectivity index (χ2v) is 10.3. The topological polar surface area (TPSA) is 80.1 Å². The van der Waals surface area contributed by atoms with Gasteiger partial charge in [-0.2, -0.15) is 13.2 Å². The molecular weight excluding hydrogens is 459 g/mol. The largest absolute Gasteiger partial charge is 0.397 e. The Morgan fingerprint density at radius 2 is 1.91 bits per heavy atom. The van der Waals surface area contributed by atoms with Gasteiger partial charge in [-0.15, -0.1) is 22.7 Å². The second kappa shape index (κ2) is 9.07. The fourth-order valence-corrected chi connectivity index (χ4v) is 4.59. The van der Waals surface area contributed by atoms with Crippen LogP contribution in [0.2, 0.25) is 0 Å². The number of aryl methyl sites for hydroxylation is 2. The molecule has 0 spiro atoms. The molecule has 1 unspecified atom stereocenters. The van der Waals surface area contributed by atoms with E-state index in [1.165, 1.54) is 44.4 Å². The van der Waals surface area contributed by atoms with Crippen molar-refractivity contribution < 1.29 is 18.0 Å². The van der Waals surface area contributed by atoms with Gasteiger partial charge in [0.15, 0.2) is 5.13 Å². The molecule has 1 atom stereocenters. The van der Waals surface area contributed by atoms with E-state index in [1.807, 2.05) is 19.2 Å². The van der Waals surface area contributed by atoms with Gasteiger partial charge in [0.1, 0.15) is 5.82 Å². The standard InChI is InChI=1S/C21H22F3N5OS2/c1-11-17(32-12(2)27-11)14-10-31-19(28-14)29-16-7-6-13(8-25-16)18(30)26-9-15(20(3,4)5)21(22,23)24/h6-10,15H,1-5H3,(H,25,28,29). The third-order valence-corrected chi connectivity index (χ3v) is 6.37. The lowest BCUT2D eigenvalue weighted by Gasteiger charge is -2.29. The molecule has 0 aromatic carbocycles. The third kappa shape index (κ3) is 5.77. The summed E-state index contributed by atoms with van der Waals surface area (Å²) in [6.07, 6.45) is -2.54. The minimum absolute atomic E-state index is 0.0946. The molecule has 6 nitrogen and oxygen atoms in total. The van der Waals surface area contributed by atoms with Crippen LogP contribution in [0, 0.1) is 25.2 Å². The van der Waals surface area contributed by atoms with Crippen molar-refractivity contribution in [2.24, 2.45) is 16.3 Å². The van der Waals surface area contributed by atoms with Crippen LogP contribution in [0.3, 0.4) is 0 Å². The number of nitrogens with one attached hydrogen (secondary N) is 1. The van der Waals surface area contributed by atoms with Gasteiger partial charge in [0.2, 0.25) is 0 Å². The summed E-state index contributed by atoms with van der Waals surface area (Å²) < 4.78 is 39.7. The van der Waals surface area contributed by atoms with E-state index in [1.54, 1.807) is 17.4 Å². The highest BCUT2D eigenvalue weighted by Gasteiger charge is 2.45. The predicted molar refractivity (Wildman–Crippen MR) is 122 cm³/mol. The van der Waals surface area contributed by atoms with Gasteiger partial charge >= 0.3 is 6.18 Å². The number of pyridine rings is 1. The Bertz CT molecular complexity index is 1110. The first kappa shape index (κ1) is 24.0. The Labute approximate surface area is 191 Å². The smallest absolute Gasteiger partial charge is 0.316 e. The highest BCUT2D eigenvalue weighted by atomic mass is 32.1. The fourth-order valence-electron chi connectivity index (χ4n) is 2.92. The Morgan fingerprint density at radius 3 is 2.44 bits per heavy atom. The maximum Gasteiger partial charge on any atom is 0.397 e. The second-order valence-electron chi connectivity index (χ2n) is 8.21. The van der Waals surface area contributed by atoms with E-state index in [0.717, 1.165) is 21.3 Å². The molecule has 32 heavy (non-hydrogen) atoms. The summed E-state index contributed by atoms with van der Waals surface area (Å²) in [6, 6.07) is 3.01. The molecule has 0 radical (unpaired) electrons. The Morgan fingerprint density at radius 1 is 1.19 bits per heavy atom. The lowest BCUT2D eigenvalue weighted by atomic mass is 9.81. The molecule has 3 rings (SSSR count). The zero-order valence-corrected chi connectivity index (χ0v) is 19.7. The van der Waals surface area contributed by atoms with Gasteiger partial charge in [-0.1, -0.05) is 20.8 Å². The van der Waals surface area contributed by atoms with Crippen LogP contribution in [-0.4, -0.2) is 33.3 Å². The molecule has 0 saturated carbocycles. The van der Waals surface area contributed by atoms with Crippen molar-refractivity contribution >= 4 is 45.7 Å². The normalized spacial score (nSPS) is 13.5. The van der Waals surface area contributed by atoms with Crippen LogP contribution < -0.4 is 5.32 Å². The molecule has 3 aromatic rings.